The van der Waals surface area contributed by atoms with E-state index in [1.165, 1.54) is 4.31 Å². The number of carbonyl (C=O) groups is 2. The number of benzene rings is 2. The van der Waals surface area contributed by atoms with Crippen molar-refractivity contribution in [2.75, 3.05) is 25.0 Å². The van der Waals surface area contributed by atoms with Gasteiger partial charge in [-0.3, -0.25) is 9.59 Å². The van der Waals surface area contributed by atoms with Crippen molar-refractivity contribution < 1.29 is 18.0 Å². The number of rotatable bonds is 5. The van der Waals surface area contributed by atoms with Crippen molar-refractivity contribution in [2.24, 2.45) is 5.92 Å². The van der Waals surface area contributed by atoms with E-state index in [-0.39, 0.29) is 5.92 Å². The van der Waals surface area contributed by atoms with Gasteiger partial charge in [-0.05, 0) is 43.0 Å². The van der Waals surface area contributed by atoms with Gasteiger partial charge in [0.25, 0.3) is 0 Å². The van der Waals surface area contributed by atoms with Crippen LogP contribution in [0.25, 0.3) is 0 Å². The molecule has 1 fully saturated rings. The van der Waals surface area contributed by atoms with E-state index in [1.54, 1.807) is 54.6 Å². The highest BCUT2D eigenvalue weighted by Crippen LogP contribution is 2.23. The molecule has 0 aromatic heterocycles. The standard InChI is InChI=1S/C20H23N3O4S/c24-19(20(25)22-17-7-3-1-4-8-17)21-15-16-11-13-23(14-12-16)28(26,27)18-9-5-2-6-10-18/h1-10,16H,11-15H2,(H,21,24)(H,22,25). The van der Waals surface area contributed by atoms with E-state index in [0.29, 0.717) is 43.1 Å². The highest BCUT2D eigenvalue weighted by atomic mass is 32.2. The first kappa shape index (κ1) is 20.0. The third-order valence-corrected chi connectivity index (χ3v) is 6.66. The quantitative estimate of drug-likeness (QED) is 0.748. The SMILES string of the molecule is O=C(NCC1CCN(S(=O)(=O)c2ccccc2)CC1)C(=O)Nc1ccccc1. The van der Waals surface area contributed by atoms with Crippen molar-refractivity contribution in [3.63, 3.8) is 0 Å². The number of hydrogen-bond acceptors (Lipinski definition) is 4. The van der Waals surface area contributed by atoms with Gasteiger partial charge in [-0.2, -0.15) is 4.31 Å². The molecule has 1 aliphatic rings. The number of nitrogens with zero attached hydrogens (tertiary/aromatic N) is 1. The van der Waals surface area contributed by atoms with Crippen molar-refractivity contribution in [3.05, 3.63) is 60.7 Å². The summed E-state index contributed by atoms with van der Waals surface area (Å²) in [5.74, 6) is -1.27. The Morgan fingerprint density at radius 1 is 0.893 bits per heavy atom. The minimum absolute atomic E-state index is 0.135. The molecule has 0 unspecified atom stereocenters. The zero-order valence-corrected chi connectivity index (χ0v) is 16.2. The summed E-state index contributed by atoms with van der Waals surface area (Å²) in [4.78, 5) is 24.2. The Morgan fingerprint density at radius 3 is 2.07 bits per heavy atom. The molecular formula is C20H23N3O4S. The normalized spacial score (nSPS) is 15.7. The third kappa shape index (κ3) is 4.96. The van der Waals surface area contributed by atoms with Crippen LogP contribution in [-0.4, -0.2) is 44.2 Å². The minimum Gasteiger partial charge on any atom is -0.348 e. The van der Waals surface area contributed by atoms with Crippen LogP contribution in [0, 0.1) is 5.92 Å². The molecule has 0 atom stereocenters. The van der Waals surface area contributed by atoms with Crippen molar-refractivity contribution in [3.8, 4) is 0 Å². The second kappa shape index (κ2) is 8.99. The van der Waals surface area contributed by atoms with Crippen molar-refractivity contribution in [1.29, 1.82) is 0 Å². The maximum Gasteiger partial charge on any atom is 0.313 e. The molecule has 2 aromatic carbocycles. The lowest BCUT2D eigenvalue weighted by Gasteiger charge is -2.31. The summed E-state index contributed by atoms with van der Waals surface area (Å²) in [5, 5.41) is 5.17. The molecule has 0 aliphatic carbocycles. The summed E-state index contributed by atoms with van der Waals surface area (Å²) in [5.41, 5.74) is 0.557. The lowest BCUT2D eigenvalue weighted by Crippen LogP contribution is -2.43. The fourth-order valence-corrected chi connectivity index (χ4v) is 4.61. The Morgan fingerprint density at radius 2 is 1.46 bits per heavy atom. The van der Waals surface area contributed by atoms with Crippen LogP contribution in [-0.2, 0) is 19.6 Å². The van der Waals surface area contributed by atoms with Crippen molar-refractivity contribution in [2.45, 2.75) is 17.7 Å². The zero-order valence-electron chi connectivity index (χ0n) is 15.4. The molecule has 1 heterocycles. The fourth-order valence-electron chi connectivity index (χ4n) is 3.12. The molecule has 1 aliphatic heterocycles. The lowest BCUT2D eigenvalue weighted by molar-refractivity contribution is -0.136. The average molecular weight is 401 g/mol. The van der Waals surface area contributed by atoms with Gasteiger partial charge in [-0.15, -0.1) is 0 Å². The van der Waals surface area contributed by atoms with Gasteiger partial charge in [0, 0.05) is 25.3 Å². The summed E-state index contributed by atoms with van der Waals surface area (Å²) in [6.45, 7) is 1.14. The molecular weight excluding hydrogens is 378 g/mol. The largest absolute Gasteiger partial charge is 0.348 e. The van der Waals surface area contributed by atoms with Gasteiger partial charge >= 0.3 is 11.8 Å². The van der Waals surface area contributed by atoms with E-state index >= 15 is 0 Å². The molecule has 0 bridgehead atoms. The van der Waals surface area contributed by atoms with E-state index in [9.17, 15) is 18.0 Å². The molecule has 1 saturated heterocycles. The van der Waals surface area contributed by atoms with Gasteiger partial charge in [-0.1, -0.05) is 36.4 Å². The predicted octanol–water partition coefficient (Wildman–Crippen LogP) is 1.84. The summed E-state index contributed by atoms with van der Waals surface area (Å²) in [6, 6.07) is 17.1. The number of carbonyl (C=O) groups excluding carboxylic acids is 2. The molecule has 2 amide bonds. The van der Waals surface area contributed by atoms with Crippen LogP contribution >= 0.6 is 0 Å². The van der Waals surface area contributed by atoms with Crippen molar-refractivity contribution in [1.82, 2.24) is 9.62 Å². The van der Waals surface area contributed by atoms with Gasteiger partial charge in [0.2, 0.25) is 10.0 Å². The number of anilines is 1. The van der Waals surface area contributed by atoms with Gasteiger partial charge in [0.05, 0.1) is 4.90 Å². The van der Waals surface area contributed by atoms with Gasteiger partial charge in [0.1, 0.15) is 0 Å². The van der Waals surface area contributed by atoms with E-state index in [1.807, 2.05) is 6.07 Å². The van der Waals surface area contributed by atoms with E-state index in [0.717, 1.165) is 0 Å². The zero-order chi connectivity index (χ0) is 20.0. The second-order valence-electron chi connectivity index (χ2n) is 6.69. The van der Waals surface area contributed by atoms with E-state index in [4.69, 9.17) is 0 Å². The summed E-state index contributed by atoms with van der Waals surface area (Å²) in [6.07, 6.45) is 1.26. The first-order valence-corrected chi connectivity index (χ1v) is 10.6. The molecule has 28 heavy (non-hydrogen) atoms. The van der Waals surface area contributed by atoms with Crippen LogP contribution < -0.4 is 10.6 Å². The maximum absolute atomic E-state index is 12.6. The Labute approximate surface area is 164 Å². The Balaban J connectivity index is 1.45. The molecule has 2 aromatic rings. The summed E-state index contributed by atoms with van der Waals surface area (Å²) < 4.78 is 26.7. The van der Waals surface area contributed by atoms with Crippen LogP contribution in [0.4, 0.5) is 5.69 Å². The smallest absolute Gasteiger partial charge is 0.313 e. The molecule has 2 N–H and O–H groups in total. The Bertz CT molecular complexity index is 909. The van der Waals surface area contributed by atoms with Crippen LogP contribution in [0.2, 0.25) is 0 Å². The molecule has 148 valence electrons. The molecule has 3 rings (SSSR count). The maximum atomic E-state index is 12.6. The number of nitrogens with one attached hydrogen (secondary N) is 2. The second-order valence-corrected chi connectivity index (χ2v) is 8.63. The minimum atomic E-state index is -3.48. The topological polar surface area (TPSA) is 95.6 Å². The van der Waals surface area contributed by atoms with Gasteiger partial charge in [0.15, 0.2) is 0 Å². The van der Waals surface area contributed by atoms with Crippen LogP contribution in [0.15, 0.2) is 65.6 Å². The number of amides is 2. The molecule has 7 nitrogen and oxygen atoms in total. The molecule has 0 spiro atoms. The number of para-hydroxylation sites is 1. The van der Waals surface area contributed by atoms with Crippen LogP contribution in [0.3, 0.4) is 0 Å². The van der Waals surface area contributed by atoms with Gasteiger partial charge in [-0.25, -0.2) is 8.42 Å². The Kier molecular flexibility index (Phi) is 6.43. The number of hydrogen-bond donors (Lipinski definition) is 2. The highest BCUT2D eigenvalue weighted by molar-refractivity contribution is 7.89. The molecule has 0 saturated carbocycles. The monoisotopic (exact) mass is 401 g/mol. The number of piperidine rings is 1. The van der Waals surface area contributed by atoms with E-state index < -0.39 is 21.8 Å². The first-order valence-electron chi connectivity index (χ1n) is 9.16. The Hall–Kier alpha value is -2.71. The average Bonchev–Trinajstić information content (AvgIpc) is 2.73. The fraction of sp³-hybridized carbons (Fsp3) is 0.300. The predicted molar refractivity (Wildman–Crippen MR) is 106 cm³/mol. The lowest BCUT2D eigenvalue weighted by atomic mass is 9.98. The first-order chi connectivity index (χ1) is 13.5. The molecule has 8 heteroatoms. The third-order valence-electron chi connectivity index (χ3n) is 4.74. The van der Waals surface area contributed by atoms with Crippen molar-refractivity contribution >= 4 is 27.5 Å². The highest BCUT2D eigenvalue weighted by Gasteiger charge is 2.29. The van der Waals surface area contributed by atoms with Gasteiger partial charge < -0.3 is 10.6 Å². The van der Waals surface area contributed by atoms with E-state index in [2.05, 4.69) is 10.6 Å². The summed E-state index contributed by atoms with van der Waals surface area (Å²) in [7, 11) is -3.48. The molecule has 0 radical (unpaired) electrons. The summed E-state index contributed by atoms with van der Waals surface area (Å²) >= 11 is 0. The van der Waals surface area contributed by atoms with Crippen LogP contribution in [0.1, 0.15) is 12.8 Å². The van der Waals surface area contributed by atoms with Crippen LogP contribution in [0.5, 0.6) is 0 Å². The number of sulfonamides is 1.